The molecule has 0 amide bonds. The van der Waals surface area contributed by atoms with Gasteiger partial charge in [0.2, 0.25) is 0 Å². The van der Waals surface area contributed by atoms with E-state index in [0.717, 1.165) is 5.04 Å². The van der Waals surface area contributed by atoms with Crippen LogP contribution in [-0.4, -0.2) is 45.2 Å². The number of thioether (sulfide) groups is 1. The highest BCUT2D eigenvalue weighted by molar-refractivity contribution is 8.14. The normalized spacial score (nSPS) is 12.9. The number of rotatable bonds is 8. The highest BCUT2D eigenvalue weighted by atomic mass is 32.2. The Morgan fingerprint density at radius 1 is 1.37 bits per heavy atom. The average molecular weight is 304 g/mol. The maximum Gasteiger partial charge on any atom is 0.303 e. The van der Waals surface area contributed by atoms with Crippen molar-refractivity contribution < 1.29 is 14.7 Å². The molecule has 19 heavy (non-hydrogen) atoms. The number of carboxylic acid groups (broad SMARTS) is 1. The molecule has 0 fully saturated rings. The molecule has 0 saturated heterocycles. The molecule has 108 valence electrons. The van der Waals surface area contributed by atoms with Crippen LogP contribution in [0.25, 0.3) is 0 Å². The number of carbonyl (C=O) groups is 2. The molecule has 0 aliphatic heterocycles. The van der Waals surface area contributed by atoms with Crippen LogP contribution in [0.4, 0.5) is 0 Å². The Balaban J connectivity index is 4.43. The third-order valence-corrected chi connectivity index (χ3v) is 3.35. The maximum absolute atomic E-state index is 10.9. The summed E-state index contributed by atoms with van der Waals surface area (Å²) in [6, 6.07) is -0.145. The van der Waals surface area contributed by atoms with E-state index in [1.807, 2.05) is 6.92 Å². The number of carboxylic acids is 1. The summed E-state index contributed by atoms with van der Waals surface area (Å²) in [5, 5.41) is 12.5. The molecule has 0 rings (SSSR count). The molecular weight excluding hydrogens is 284 g/mol. The lowest BCUT2D eigenvalue weighted by Crippen LogP contribution is -2.29. The predicted molar refractivity (Wildman–Crippen MR) is 83.2 cm³/mol. The second kappa shape index (κ2) is 9.91. The highest BCUT2D eigenvalue weighted by Gasteiger charge is 2.10. The van der Waals surface area contributed by atoms with Gasteiger partial charge >= 0.3 is 5.97 Å². The van der Waals surface area contributed by atoms with Gasteiger partial charge in [0.15, 0.2) is 0 Å². The number of nitrogens with zero attached hydrogens (tertiary/aromatic N) is 1. The largest absolute Gasteiger partial charge is 0.481 e. The lowest BCUT2D eigenvalue weighted by molar-refractivity contribution is -0.137. The molecule has 0 radical (unpaired) electrons. The van der Waals surface area contributed by atoms with Crippen molar-refractivity contribution in [2.24, 2.45) is 4.99 Å². The standard InChI is InChI=1S/C12H20N2O3S2/c1-8(15)7-19-10(3)14-11(4-5-12(16)17)6-13-9(2)18/h11H,4-7H2,1-3H3,(H,13,18)(H,16,17)/t11-/m0/s1. The third-order valence-electron chi connectivity index (χ3n) is 2.13. The second-order valence-corrected chi connectivity index (χ2v) is 5.94. The summed E-state index contributed by atoms with van der Waals surface area (Å²) in [7, 11) is 0. The molecule has 0 aromatic rings. The summed E-state index contributed by atoms with van der Waals surface area (Å²) in [5.74, 6) is -0.358. The molecule has 0 spiro atoms. The van der Waals surface area contributed by atoms with Crippen molar-refractivity contribution in [1.29, 1.82) is 0 Å². The van der Waals surface area contributed by atoms with Crippen LogP contribution in [0.15, 0.2) is 4.99 Å². The number of aliphatic imine (C=N–C) groups is 1. The van der Waals surface area contributed by atoms with E-state index in [4.69, 9.17) is 17.3 Å². The fourth-order valence-electron chi connectivity index (χ4n) is 1.26. The number of hydrogen-bond donors (Lipinski definition) is 2. The fourth-order valence-corrected chi connectivity index (χ4v) is 1.98. The Morgan fingerprint density at radius 2 is 2.00 bits per heavy atom. The van der Waals surface area contributed by atoms with Gasteiger partial charge < -0.3 is 10.4 Å². The first-order valence-corrected chi connectivity index (χ1v) is 7.33. The van der Waals surface area contributed by atoms with E-state index < -0.39 is 5.97 Å². The van der Waals surface area contributed by atoms with E-state index in [9.17, 15) is 9.59 Å². The summed E-state index contributed by atoms with van der Waals surface area (Å²) in [4.78, 5) is 26.6. The minimum absolute atomic E-state index is 0.0664. The van der Waals surface area contributed by atoms with Crippen LogP contribution < -0.4 is 5.32 Å². The van der Waals surface area contributed by atoms with Crippen molar-refractivity contribution in [2.45, 2.75) is 39.7 Å². The Hall–Kier alpha value is -0.950. The molecule has 0 aromatic heterocycles. The number of Topliss-reactive ketones (excluding diaryl/α,β-unsaturated/α-hetero) is 1. The lowest BCUT2D eigenvalue weighted by atomic mass is 10.1. The van der Waals surface area contributed by atoms with Crippen LogP contribution in [0.1, 0.15) is 33.6 Å². The van der Waals surface area contributed by atoms with Crippen LogP contribution in [0, 0.1) is 0 Å². The van der Waals surface area contributed by atoms with Gasteiger partial charge in [-0.1, -0.05) is 12.2 Å². The van der Waals surface area contributed by atoms with E-state index in [2.05, 4.69) is 10.3 Å². The van der Waals surface area contributed by atoms with Gasteiger partial charge in [0.1, 0.15) is 5.78 Å². The van der Waals surface area contributed by atoms with Gasteiger partial charge in [-0.25, -0.2) is 0 Å². The van der Waals surface area contributed by atoms with Crippen LogP contribution in [0.2, 0.25) is 0 Å². The van der Waals surface area contributed by atoms with E-state index in [-0.39, 0.29) is 18.2 Å². The zero-order valence-electron chi connectivity index (χ0n) is 11.4. The number of hydrogen-bond acceptors (Lipinski definition) is 5. The molecule has 0 aliphatic carbocycles. The van der Waals surface area contributed by atoms with Gasteiger partial charge in [-0.2, -0.15) is 0 Å². The van der Waals surface area contributed by atoms with E-state index in [1.165, 1.54) is 18.7 Å². The van der Waals surface area contributed by atoms with Crippen molar-refractivity contribution >= 4 is 45.8 Å². The van der Waals surface area contributed by atoms with Gasteiger partial charge in [0, 0.05) is 13.0 Å². The van der Waals surface area contributed by atoms with Gasteiger partial charge in [-0.3, -0.25) is 14.6 Å². The Morgan fingerprint density at radius 3 is 2.47 bits per heavy atom. The molecule has 0 unspecified atom stereocenters. The topological polar surface area (TPSA) is 78.8 Å². The second-order valence-electron chi connectivity index (χ2n) is 4.16. The van der Waals surface area contributed by atoms with Crippen LogP contribution in [0.3, 0.4) is 0 Å². The summed E-state index contributed by atoms with van der Waals surface area (Å²) in [6.45, 7) is 5.64. The van der Waals surface area contributed by atoms with Crippen LogP contribution >= 0.6 is 24.0 Å². The van der Waals surface area contributed by atoms with Crippen molar-refractivity contribution in [3.63, 3.8) is 0 Å². The Labute approximate surface area is 123 Å². The first kappa shape index (κ1) is 18.0. The van der Waals surface area contributed by atoms with Crippen molar-refractivity contribution in [3.8, 4) is 0 Å². The molecule has 7 heteroatoms. The number of nitrogens with one attached hydrogen (secondary N) is 1. The summed E-state index contributed by atoms with van der Waals surface area (Å²) >= 11 is 6.30. The van der Waals surface area contributed by atoms with Crippen LogP contribution in [-0.2, 0) is 9.59 Å². The summed E-state index contributed by atoms with van der Waals surface area (Å²) < 4.78 is 0. The zero-order valence-corrected chi connectivity index (χ0v) is 13.1. The van der Waals surface area contributed by atoms with Crippen molar-refractivity contribution in [2.75, 3.05) is 12.3 Å². The first-order chi connectivity index (χ1) is 8.81. The summed E-state index contributed by atoms with van der Waals surface area (Å²) in [5.41, 5.74) is 0. The third kappa shape index (κ3) is 11.9. The number of aliphatic carboxylic acids is 1. The molecular formula is C12H20N2O3S2. The zero-order chi connectivity index (χ0) is 14.8. The van der Waals surface area contributed by atoms with Gasteiger partial charge in [-0.05, 0) is 27.2 Å². The van der Waals surface area contributed by atoms with E-state index >= 15 is 0 Å². The van der Waals surface area contributed by atoms with E-state index in [1.54, 1.807) is 6.92 Å². The minimum atomic E-state index is -0.840. The first-order valence-electron chi connectivity index (χ1n) is 5.94. The van der Waals surface area contributed by atoms with E-state index in [0.29, 0.717) is 23.7 Å². The monoisotopic (exact) mass is 304 g/mol. The molecule has 1 atom stereocenters. The summed E-state index contributed by atoms with van der Waals surface area (Å²) in [6.07, 6.45) is 0.514. The molecule has 0 bridgehead atoms. The number of carbonyl (C=O) groups excluding carboxylic acids is 1. The Kier molecular flexibility index (Phi) is 9.42. The average Bonchev–Trinajstić information content (AvgIpc) is 2.29. The maximum atomic E-state index is 10.9. The van der Waals surface area contributed by atoms with Gasteiger partial charge in [0.05, 0.1) is 21.8 Å². The Bertz CT molecular complexity index is 352. The minimum Gasteiger partial charge on any atom is -0.481 e. The van der Waals surface area contributed by atoms with Gasteiger partial charge in [-0.15, -0.1) is 11.8 Å². The lowest BCUT2D eigenvalue weighted by Gasteiger charge is -2.14. The fraction of sp³-hybridized carbons (Fsp3) is 0.667. The van der Waals surface area contributed by atoms with Gasteiger partial charge in [0.25, 0.3) is 0 Å². The van der Waals surface area contributed by atoms with Crippen LogP contribution in [0.5, 0.6) is 0 Å². The molecule has 0 aliphatic rings. The molecule has 5 nitrogen and oxygen atoms in total. The molecule has 0 saturated carbocycles. The highest BCUT2D eigenvalue weighted by Crippen LogP contribution is 2.09. The van der Waals surface area contributed by atoms with Crippen molar-refractivity contribution in [3.05, 3.63) is 0 Å². The number of thiocarbonyl (C=S) groups is 1. The number of ketones is 1. The quantitative estimate of drug-likeness (QED) is 0.405. The SMILES string of the molecule is CC(=O)CSC(C)=N[C@@H](CCC(=O)O)CNC(C)=S. The predicted octanol–water partition coefficient (Wildman–Crippen LogP) is 1.90. The molecule has 0 heterocycles. The smallest absolute Gasteiger partial charge is 0.303 e. The molecule has 2 N–H and O–H groups in total. The molecule has 0 aromatic carbocycles. The van der Waals surface area contributed by atoms with Crippen molar-refractivity contribution in [1.82, 2.24) is 5.32 Å².